The number of rotatable bonds is 2. The number of nitrogens with two attached hydrogens (primary N) is 1. The predicted octanol–water partition coefficient (Wildman–Crippen LogP) is -0.359. The molecule has 0 saturated heterocycles. The SMILES string of the molecule is CC(=O)C1(C(C)=O)N=NC(N)=N1. The summed E-state index contributed by atoms with van der Waals surface area (Å²) in [7, 11) is 0. The molecule has 6 heteroatoms. The molecule has 1 aliphatic rings. The molecule has 0 radical (unpaired) electrons. The molecule has 2 N–H and O–H groups in total. The monoisotopic (exact) mass is 168 g/mol. The fourth-order valence-corrected chi connectivity index (χ4v) is 0.880. The third kappa shape index (κ3) is 1.01. The van der Waals surface area contributed by atoms with Gasteiger partial charge in [0.1, 0.15) is 0 Å². The number of azo groups is 1. The van der Waals surface area contributed by atoms with Gasteiger partial charge in [-0.15, -0.1) is 10.2 Å². The summed E-state index contributed by atoms with van der Waals surface area (Å²) < 4.78 is 0. The van der Waals surface area contributed by atoms with E-state index in [0.717, 1.165) is 0 Å². The van der Waals surface area contributed by atoms with Crippen molar-refractivity contribution < 1.29 is 9.59 Å². The number of nitrogens with zero attached hydrogens (tertiary/aromatic N) is 3. The molecule has 0 saturated carbocycles. The lowest BCUT2D eigenvalue weighted by Crippen LogP contribution is -2.39. The summed E-state index contributed by atoms with van der Waals surface area (Å²) in [4.78, 5) is 25.6. The Morgan fingerprint density at radius 2 is 1.83 bits per heavy atom. The fraction of sp³-hybridized carbons (Fsp3) is 0.500. The molecular formula is C6H8N4O2. The minimum atomic E-state index is -1.69. The van der Waals surface area contributed by atoms with E-state index in [4.69, 9.17) is 5.73 Å². The lowest BCUT2D eigenvalue weighted by Gasteiger charge is -2.12. The van der Waals surface area contributed by atoms with Crippen molar-refractivity contribution in [2.45, 2.75) is 19.5 Å². The van der Waals surface area contributed by atoms with Gasteiger partial charge in [0.05, 0.1) is 0 Å². The van der Waals surface area contributed by atoms with Crippen LogP contribution in [-0.4, -0.2) is 23.2 Å². The number of carbonyl (C=O) groups excluding carboxylic acids is 2. The van der Waals surface area contributed by atoms with Gasteiger partial charge in [-0.25, -0.2) is 4.99 Å². The summed E-state index contributed by atoms with van der Waals surface area (Å²) in [6.45, 7) is 2.45. The molecule has 1 rings (SSSR count). The van der Waals surface area contributed by atoms with Crippen LogP contribution in [0.5, 0.6) is 0 Å². The molecule has 0 fully saturated rings. The molecule has 0 aliphatic carbocycles. The first kappa shape index (κ1) is 8.51. The van der Waals surface area contributed by atoms with Gasteiger partial charge in [0.25, 0.3) is 5.66 Å². The van der Waals surface area contributed by atoms with E-state index in [1.165, 1.54) is 13.8 Å². The van der Waals surface area contributed by atoms with Crippen LogP contribution in [0.4, 0.5) is 0 Å². The number of guanidine groups is 1. The molecule has 0 spiro atoms. The van der Waals surface area contributed by atoms with E-state index in [0.29, 0.717) is 0 Å². The third-order valence-corrected chi connectivity index (χ3v) is 1.56. The van der Waals surface area contributed by atoms with Crippen molar-refractivity contribution in [3.8, 4) is 0 Å². The fourth-order valence-electron chi connectivity index (χ4n) is 0.880. The first-order valence-corrected chi connectivity index (χ1v) is 3.29. The molecule has 0 amide bonds. The molecule has 0 aromatic heterocycles. The normalized spacial score (nSPS) is 19.0. The standard InChI is InChI=1S/C6H8N4O2/c1-3(11)6(4(2)12)8-5(7)9-10-6/h1-2H3,(H2,7,8). The van der Waals surface area contributed by atoms with Crippen molar-refractivity contribution in [2.24, 2.45) is 21.0 Å². The van der Waals surface area contributed by atoms with Crippen LogP contribution in [0.2, 0.25) is 0 Å². The Hall–Kier alpha value is -1.59. The highest BCUT2D eigenvalue weighted by molar-refractivity contribution is 6.12. The zero-order valence-corrected chi connectivity index (χ0v) is 6.74. The Morgan fingerprint density at radius 3 is 2.00 bits per heavy atom. The first-order valence-electron chi connectivity index (χ1n) is 3.29. The van der Waals surface area contributed by atoms with Crippen LogP contribution in [-0.2, 0) is 9.59 Å². The zero-order chi connectivity index (χ0) is 9.35. The highest BCUT2D eigenvalue weighted by Gasteiger charge is 2.43. The first-order chi connectivity index (χ1) is 5.49. The number of aliphatic imine (C=N–C) groups is 1. The van der Waals surface area contributed by atoms with E-state index in [2.05, 4.69) is 15.2 Å². The summed E-state index contributed by atoms with van der Waals surface area (Å²) in [6.07, 6.45) is 0. The van der Waals surface area contributed by atoms with Crippen molar-refractivity contribution in [1.82, 2.24) is 0 Å². The van der Waals surface area contributed by atoms with Gasteiger partial charge in [-0.3, -0.25) is 9.59 Å². The Balaban J connectivity index is 3.17. The van der Waals surface area contributed by atoms with E-state index >= 15 is 0 Å². The molecule has 64 valence electrons. The van der Waals surface area contributed by atoms with Gasteiger partial charge in [-0.05, 0) is 13.8 Å². The van der Waals surface area contributed by atoms with Crippen molar-refractivity contribution in [2.75, 3.05) is 0 Å². The minimum Gasteiger partial charge on any atom is -0.367 e. The van der Waals surface area contributed by atoms with E-state index in [9.17, 15) is 9.59 Å². The van der Waals surface area contributed by atoms with E-state index in [-0.39, 0.29) is 5.96 Å². The number of Topliss-reactive ketones (excluding diaryl/α,β-unsaturated/α-hetero) is 2. The third-order valence-electron chi connectivity index (χ3n) is 1.56. The maximum Gasteiger partial charge on any atom is 0.289 e. The topological polar surface area (TPSA) is 97.2 Å². The highest BCUT2D eigenvalue weighted by Crippen LogP contribution is 2.21. The van der Waals surface area contributed by atoms with Crippen molar-refractivity contribution >= 4 is 17.5 Å². The van der Waals surface area contributed by atoms with Crippen LogP contribution in [0, 0.1) is 0 Å². The minimum absolute atomic E-state index is 0.139. The van der Waals surface area contributed by atoms with Gasteiger partial charge >= 0.3 is 0 Å². The van der Waals surface area contributed by atoms with Crippen LogP contribution < -0.4 is 5.73 Å². The Bertz CT molecular complexity index is 291. The quantitative estimate of drug-likeness (QED) is 0.570. The van der Waals surface area contributed by atoms with E-state index in [1.807, 2.05) is 0 Å². The molecule has 1 heterocycles. The number of ketones is 2. The summed E-state index contributed by atoms with van der Waals surface area (Å²) >= 11 is 0. The van der Waals surface area contributed by atoms with Crippen LogP contribution >= 0.6 is 0 Å². The second kappa shape index (κ2) is 2.47. The maximum atomic E-state index is 11.0. The molecule has 0 aromatic carbocycles. The Kier molecular flexibility index (Phi) is 1.75. The van der Waals surface area contributed by atoms with E-state index < -0.39 is 17.2 Å². The van der Waals surface area contributed by atoms with Crippen molar-refractivity contribution in [1.29, 1.82) is 0 Å². The molecule has 6 nitrogen and oxygen atoms in total. The summed E-state index contributed by atoms with van der Waals surface area (Å²) in [5.74, 6) is -1.08. The van der Waals surface area contributed by atoms with Crippen LogP contribution in [0.3, 0.4) is 0 Å². The number of carbonyl (C=O) groups is 2. The molecule has 0 atom stereocenters. The Labute approximate surface area is 68.6 Å². The molecule has 0 bridgehead atoms. The molecule has 0 aromatic rings. The molecular weight excluding hydrogens is 160 g/mol. The predicted molar refractivity (Wildman–Crippen MR) is 40.6 cm³/mol. The lowest BCUT2D eigenvalue weighted by atomic mass is 10.0. The van der Waals surface area contributed by atoms with Gasteiger partial charge in [0, 0.05) is 0 Å². The number of hydrogen-bond donors (Lipinski definition) is 1. The van der Waals surface area contributed by atoms with Gasteiger partial charge in [-0.2, -0.15) is 0 Å². The molecule has 12 heavy (non-hydrogen) atoms. The van der Waals surface area contributed by atoms with Gasteiger partial charge in [0.15, 0.2) is 11.6 Å². The van der Waals surface area contributed by atoms with Crippen molar-refractivity contribution in [3.63, 3.8) is 0 Å². The van der Waals surface area contributed by atoms with Gasteiger partial charge in [-0.1, -0.05) is 0 Å². The molecule has 1 aliphatic heterocycles. The smallest absolute Gasteiger partial charge is 0.289 e. The average molecular weight is 168 g/mol. The summed E-state index contributed by atoms with van der Waals surface area (Å²) in [6, 6.07) is 0. The number of hydrogen-bond acceptors (Lipinski definition) is 6. The highest BCUT2D eigenvalue weighted by atomic mass is 16.2. The second-order valence-electron chi connectivity index (χ2n) is 2.45. The Morgan fingerprint density at radius 1 is 1.33 bits per heavy atom. The lowest BCUT2D eigenvalue weighted by molar-refractivity contribution is -0.131. The van der Waals surface area contributed by atoms with E-state index in [1.54, 1.807) is 0 Å². The van der Waals surface area contributed by atoms with Gasteiger partial charge in [0.2, 0.25) is 5.96 Å². The van der Waals surface area contributed by atoms with Crippen LogP contribution in [0.25, 0.3) is 0 Å². The zero-order valence-electron chi connectivity index (χ0n) is 6.74. The maximum absolute atomic E-state index is 11.0. The van der Waals surface area contributed by atoms with Gasteiger partial charge < -0.3 is 5.73 Å². The second-order valence-corrected chi connectivity index (χ2v) is 2.45. The average Bonchev–Trinajstić information content (AvgIpc) is 2.32. The summed E-state index contributed by atoms with van der Waals surface area (Å²) in [5, 5.41) is 6.79. The summed E-state index contributed by atoms with van der Waals surface area (Å²) in [5.41, 5.74) is 3.48. The molecule has 0 unspecified atom stereocenters. The van der Waals surface area contributed by atoms with Crippen LogP contribution in [0.1, 0.15) is 13.8 Å². The van der Waals surface area contributed by atoms with Crippen LogP contribution in [0.15, 0.2) is 15.2 Å². The van der Waals surface area contributed by atoms with Crippen molar-refractivity contribution in [3.05, 3.63) is 0 Å². The largest absolute Gasteiger partial charge is 0.367 e.